The number of hydrogen-bond acceptors (Lipinski definition) is 4. The van der Waals surface area contributed by atoms with Crippen molar-refractivity contribution < 1.29 is 14.3 Å². The molecular weight excluding hydrogens is 170 g/mol. The molecule has 0 aliphatic rings. The Labute approximate surface area is 79.4 Å². The van der Waals surface area contributed by atoms with Crippen molar-refractivity contribution in [2.75, 3.05) is 19.8 Å². The molecule has 0 spiro atoms. The maximum absolute atomic E-state index is 11.1. The van der Waals surface area contributed by atoms with E-state index in [4.69, 9.17) is 15.2 Å². The van der Waals surface area contributed by atoms with Gasteiger partial charge in [-0.25, -0.2) is 0 Å². The van der Waals surface area contributed by atoms with Gasteiger partial charge in [0.15, 0.2) is 0 Å². The first kappa shape index (κ1) is 12.4. The smallest absolute Gasteiger partial charge is 0.323 e. The van der Waals surface area contributed by atoms with E-state index < -0.39 is 6.04 Å². The highest BCUT2D eigenvalue weighted by atomic mass is 16.6. The van der Waals surface area contributed by atoms with Gasteiger partial charge in [-0.3, -0.25) is 4.79 Å². The summed E-state index contributed by atoms with van der Waals surface area (Å²) in [6.45, 7) is 7.01. The fraction of sp³-hybridized carbons (Fsp3) is 0.889. The molecule has 0 rings (SSSR count). The number of carbonyl (C=O) groups is 1. The lowest BCUT2D eigenvalue weighted by atomic mass is 10.1. The van der Waals surface area contributed by atoms with E-state index in [0.717, 1.165) is 0 Å². The normalized spacial score (nSPS) is 13.0. The number of rotatable bonds is 6. The molecule has 0 aliphatic carbocycles. The van der Waals surface area contributed by atoms with Crippen LogP contribution in [0.3, 0.4) is 0 Å². The third-order valence-corrected chi connectivity index (χ3v) is 1.67. The lowest BCUT2D eigenvalue weighted by Crippen LogP contribution is -2.37. The van der Waals surface area contributed by atoms with Gasteiger partial charge in [0.1, 0.15) is 12.6 Å². The minimum absolute atomic E-state index is 0.111. The molecule has 0 saturated carbocycles. The van der Waals surface area contributed by atoms with Crippen molar-refractivity contribution in [3.05, 3.63) is 0 Å². The van der Waals surface area contributed by atoms with Crippen LogP contribution in [0.25, 0.3) is 0 Å². The van der Waals surface area contributed by atoms with Crippen LogP contribution in [0.4, 0.5) is 0 Å². The Morgan fingerprint density at radius 3 is 2.46 bits per heavy atom. The Morgan fingerprint density at radius 1 is 1.38 bits per heavy atom. The fourth-order valence-corrected chi connectivity index (χ4v) is 0.714. The molecule has 0 radical (unpaired) electrons. The van der Waals surface area contributed by atoms with Crippen LogP contribution in [-0.2, 0) is 14.3 Å². The van der Waals surface area contributed by atoms with Gasteiger partial charge in [0, 0.05) is 6.61 Å². The summed E-state index contributed by atoms with van der Waals surface area (Å²) >= 11 is 0. The largest absolute Gasteiger partial charge is 0.462 e. The van der Waals surface area contributed by atoms with Crippen LogP contribution in [0.1, 0.15) is 20.8 Å². The summed E-state index contributed by atoms with van der Waals surface area (Å²) in [5, 5.41) is 0. The summed E-state index contributed by atoms with van der Waals surface area (Å²) in [5.74, 6) is -0.241. The molecule has 4 nitrogen and oxygen atoms in total. The van der Waals surface area contributed by atoms with Crippen molar-refractivity contribution in [3.63, 3.8) is 0 Å². The molecule has 0 aliphatic heterocycles. The summed E-state index contributed by atoms with van der Waals surface area (Å²) < 4.78 is 9.88. The van der Waals surface area contributed by atoms with Crippen LogP contribution in [0.5, 0.6) is 0 Å². The zero-order chi connectivity index (χ0) is 10.3. The monoisotopic (exact) mass is 189 g/mol. The molecule has 0 saturated heterocycles. The zero-order valence-corrected chi connectivity index (χ0v) is 8.58. The van der Waals surface area contributed by atoms with Crippen LogP contribution in [0, 0.1) is 5.92 Å². The van der Waals surface area contributed by atoms with Gasteiger partial charge in [0.05, 0.1) is 6.61 Å². The average Bonchev–Trinajstić information content (AvgIpc) is 2.10. The van der Waals surface area contributed by atoms with Gasteiger partial charge >= 0.3 is 5.97 Å². The van der Waals surface area contributed by atoms with E-state index in [1.807, 2.05) is 20.8 Å². The number of carbonyl (C=O) groups excluding carboxylic acids is 1. The van der Waals surface area contributed by atoms with Crippen LogP contribution < -0.4 is 5.73 Å². The van der Waals surface area contributed by atoms with Crippen LogP contribution in [-0.4, -0.2) is 31.8 Å². The first-order valence-electron chi connectivity index (χ1n) is 4.59. The van der Waals surface area contributed by atoms with Crippen molar-refractivity contribution in [3.8, 4) is 0 Å². The number of hydrogen-bond donors (Lipinski definition) is 1. The van der Waals surface area contributed by atoms with Gasteiger partial charge in [-0.2, -0.15) is 0 Å². The molecule has 4 heteroatoms. The Morgan fingerprint density at radius 2 is 2.00 bits per heavy atom. The first-order valence-corrected chi connectivity index (χ1v) is 4.59. The molecule has 0 fully saturated rings. The third-order valence-electron chi connectivity index (χ3n) is 1.67. The van der Waals surface area contributed by atoms with E-state index in [0.29, 0.717) is 13.2 Å². The van der Waals surface area contributed by atoms with Crippen molar-refractivity contribution in [2.24, 2.45) is 11.7 Å². The van der Waals surface area contributed by atoms with Crippen molar-refractivity contribution in [1.82, 2.24) is 0 Å². The summed E-state index contributed by atoms with van der Waals surface area (Å²) in [5.41, 5.74) is 5.56. The summed E-state index contributed by atoms with van der Waals surface area (Å²) in [4.78, 5) is 11.1. The van der Waals surface area contributed by atoms with E-state index in [1.165, 1.54) is 0 Å². The summed E-state index contributed by atoms with van der Waals surface area (Å²) in [6, 6.07) is -0.526. The Bertz CT molecular complexity index is 148. The van der Waals surface area contributed by atoms with Gasteiger partial charge in [-0.15, -0.1) is 0 Å². The second kappa shape index (κ2) is 6.86. The summed E-state index contributed by atoms with van der Waals surface area (Å²) in [7, 11) is 0. The van der Waals surface area contributed by atoms with Gasteiger partial charge in [0.25, 0.3) is 0 Å². The predicted octanol–water partition coefficient (Wildman–Crippen LogP) is 0.549. The quantitative estimate of drug-likeness (QED) is 0.489. The third kappa shape index (κ3) is 5.60. The number of esters is 1. The zero-order valence-electron chi connectivity index (χ0n) is 8.58. The summed E-state index contributed by atoms with van der Waals surface area (Å²) in [6.07, 6.45) is 0. The van der Waals surface area contributed by atoms with Crippen LogP contribution in [0.2, 0.25) is 0 Å². The van der Waals surface area contributed by atoms with E-state index in [9.17, 15) is 4.79 Å². The molecule has 1 atom stereocenters. The topological polar surface area (TPSA) is 61.5 Å². The molecule has 78 valence electrons. The molecule has 0 aromatic heterocycles. The fourth-order valence-electron chi connectivity index (χ4n) is 0.714. The Hall–Kier alpha value is -0.610. The number of nitrogens with two attached hydrogens (primary N) is 1. The molecule has 2 N–H and O–H groups in total. The molecule has 0 unspecified atom stereocenters. The Balaban J connectivity index is 3.50. The SMILES string of the molecule is CCOCCOC(=O)[C@H](N)C(C)C. The lowest BCUT2D eigenvalue weighted by molar-refractivity contribution is -0.147. The molecule has 0 amide bonds. The predicted molar refractivity (Wildman–Crippen MR) is 50.3 cm³/mol. The minimum Gasteiger partial charge on any atom is -0.462 e. The van der Waals surface area contributed by atoms with Crippen molar-refractivity contribution >= 4 is 5.97 Å². The highest BCUT2D eigenvalue weighted by molar-refractivity contribution is 5.75. The molecule has 0 heterocycles. The van der Waals surface area contributed by atoms with Gasteiger partial charge in [-0.05, 0) is 12.8 Å². The number of ether oxygens (including phenoxy) is 2. The highest BCUT2D eigenvalue weighted by Gasteiger charge is 2.18. The second-order valence-corrected chi connectivity index (χ2v) is 3.13. The highest BCUT2D eigenvalue weighted by Crippen LogP contribution is 1.99. The minimum atomic E-state index is -0.526. The molecule has 0 bridgehead atoms. The maximum Gasteiger partial charge on any atom is 0.323 e. The van der Waals surface area contributed by atoms with E-state index in [-0.39, 0.29) is 18.5 Å². The van der Waals surface area contributed by atoms with E-state index >= 15 is 0 Å². The molecule has 13 heavy (non-hydrogen) atoms. The Kier molecular flexibility index (Phi) is 6.54. The van der Waals surface area contributed by atoms with Gasteiger partial charge in [-0.1, -0.05) is 13.8 Å². The van der Waals surface area contributed by atoms with Crippen molar-refractivity contribution in [1.29, 1.82) is 0 Å². The van der Waals surface area contributed by atoms with Gasteiger partial charge in [0.2, 0.25) is 0 Å². The molecular formula is C9H19NO3. The molecule has 0 aromatic carbocycles. The van der Waals surface area contributed by atoms with Gasteiger partial charge < -0.3 is 15.2 Å². The molecule has 0 aromatic rings. The van der Waals surface area contributed by atoms with E-state index in [2.05, 4.69) is 0 Å². The first-order chi connectivity index (χ1) is 6.09. The van der Waals surface area contributed by atoms with Crippen LogP contribution >= 0.6 is 0 Å². The van der Waals surface area contributed by atoms with Crippen molar-refractivity contribution in [2.45, 2.75) is 26.8 Å². The van der Waals surface area contributed by atoms with Crippen LogP contribution in [0.15, 0.2) is 0 Å². The second-order valence-electron chi connectivity index (χ2n) is 3.13. The average molecular weight is 189 g/mol. The van der Waals surface area contributed by atoms with E-state index in [1.54, 1.807) is 0 Å². The maximum atomic E-state index is 11.1. The lowest BCUT2D eigenvalue weighted by Gasteiger charge is -2.14. The standard InChI is InChI=1S/C9H19NO3/c1-4-12-5-6-13-9(11)8(10)7(2)3/h7-8H,4-6,10H2,1-3H3/t8-/m1/s1.